The van der Waals surface area contributed by atoms with Crippen LogP contribution in [0.2, 0.25) is 0 Å². The summed E-state index contributed by atoms with van der Waals surface area (Å²) in [5, 5.41) is 4.59. The standard InChI is InChI=1S/C26H20N2.C2H6/c1-2-8-20(9-3-1)19-28-17-15-22(24-11-5-7-13-26(24)28)18-21-14-16-27-25-12-6-4-10-23(21)25;1-2/h1-18H,19H2;1-2H3/p+1. The Hall–Kier alpha value is -3.65. The van der Waals surface area contributed by atoms with Crippen molar-refractivity contribution in [2.45, 2.75) is 20.4 Å². The number of anilines is 1. The first kappa shape index (κ1) is 19.7. The molecule has 0 bridgehead atoms. The predicted octanol–water partition coefficient (Wildman–Crippen LogP) is 6.68. The Morgan fingerprint density at radius 2 is 1.53 bits per heavy atom. The van der Waals surface area contributed by atoms with E-state index in [2.05, 4.69) is 113 Å². The van der Waals surface area contributed by atoms with E-state index < -0.39 is 0 Å². The van der Waals surface area contributed by atoms with Gasteiger partial charge in [0.05, 0.1) is 5.39 Å². The van der Waals surface area contributed by atoms with E-state index in [-0.39, 0.29) is 0 Å². The number of hydrogen-bond donors (Lipinski definition) is 1. The van der Waals surface area contributed by atoms with Gasteiger partial charge in [-0.2, -0.15) is 4.57 Å². The van der Waals surface area contributed by atoms with Gasteiger partial charge in [0.25, 0.3) is 0 Å². The molecule has 0 unspecified atom stereocenters. The lowest BCUT2D eigenvalue weighted by atomic mass is 9.97. The maximum absolute atomic E-state index is 3.33. The molecule has 5 rings (SSSR count). The normalized spacial score (nSPS) is 13.3. The van der Waals surface area contributed by atoms with Gasteiger partial charge in [0.15, 0.2) is 12.7 Å². The Morgan fingerprint density at radius 1 is 0.800 bits per heavy atom. The molecule has 0 atom stereocenters. The van der Waals surface area contributed by atoms with E-state index in [0.29, 0.717) is 0 Å². The number of pyridine rings is 1. The molecule has 4 aromatic rings. The summed E-state index contributed by atoms with van der Waals surface area (Å²) in [4.78, 5) is 0. The van der Waals surface area contributed by atoms with Crippen LogP contribution >= 0.6 is 0 Å². The zero-order chi connectivity index (χ0) is 20.8. The van der Waals surface area contributed by atoms with E-state index >= 15 is 0 Å². The minimum absolute atomic E-state index is 0.866. The van der Waals surface area contributed by atoms with Crippen molar-refractivity contribution in [1.82, 2.24) is 0 Å². The van der Waals surface area contributed by atoms with Gasteiger partial charge in [-0.1, -0.05) is 74.5 Å². The maximum Gasteiger partial charge on any atom is 0.213 e. The fourth-order valence-electron chi connectivity index (χ4n) is 3.82. The van der Waals surface area contributed by atoms with Crippen LogP contribution in [0.5, 0.6) is 0 Å². The number of aromatic nitrogens is 1. The number of benzene rings is 3. The highest BCUT2D eigenvalue weighted by Gasteiger charge is 2.14. The van der Waals surface area contributed by atoms with Crippen molar-refractivity contribution >= 4 is 28.2 Å². The van der Waals surface area contributed by atoms with Gasteiger partial charge >= 0.3 is 0 Å². The molecule has 1 aliphatic rings. The van der Waals surface area contributed by atoms with Gasteiger partial charge in [-0.15, -0.1) is 0 Å². The van der Waals surface area contributed by atoms with Crippen LogP contribution in [0.25, 0.3) is 22.6 Å². The largest absolute Gasteiger partial charge is 0.361 e. The first-order valence-electron chi connectivity index (χ1n) is 10.6. The molecule has 0 saturated heterocycles. The Balaban J connectivity index is 0.00000106. The Labute approximate surface area is 178 Å². The predicted molar refractivity (Wildman–Crippen MR) is 128 cm³/mol. The first-order valence-corrected chi connectivity index (χ1v) is 10.6. The third-order valence-corrected chi connectivity index (χ3v) is 5.21. The summed E-state index contributed by atoms with van der Waals surface area (Å²) in [5.74, 6) is 0. The van der Waals surface area contributed by atoms with Gasteiger partial charge in [-0.05, 0) is 35.4 Å². The fourth-order valence-corrected chi connectivity index (χ4v) is 3.82. The summed E-state index contributed by atoms with van der Waals surface area (Å²) in [6.07, 6.45) is 8.63. The average Bonchev–Trinajstić information content (AvgIpc) is 2.83. The van der Waals surface area contributed by atoms with Crippen molar-refractivity contribution < 1.29 is 4.57 Å². The average molecular weight is 392 g/mol. The highest BCUT2D eigenvalue weighted by Crippen LogP contribution is 2.31. The van der Waals surface area contributed by atoms with Crippen molar-refractivity contribution in [3.8, 4) is 0 Å². The topological polar surface area (TPSA) is 15.9 Å². The molecule has 1 aromatic heterocycles. The van der Waals surface area contributed by atoms with E-state index in [1.54, 1.807) is 0 Å². The molecular weight excluding hydrogens is 364 g/mol. The van der Waals surface area contributed by atoms with Gasteiger partial charge in [0.1, 0.15) is 0 Å². The number of nitrogens with one attached hydrogen (secondary N) is 1. The number of fused-ring (bicyclic) bond motifs is 2. The number of nitrogens with zero attached hydrogens (tertiary/aromatic N) is 1. The van der Waals surface area contributed by atoms with Crippen molar-refractivity contribution in [1.29, 1.82) is 0 Å². The summed E-state index contributed by atoms with van der Waals surface area (Å²) in [6.45, 7) is 4.87. The van der Waals surface area contributed by atoms with Crippen LogP contribution < -0.4 is 9.88 Å². The SMILES string of the molecule is C1=CC(=Cc2cc[n+](Cc3ccccc3)c3ccccc23)c2ccccc2N1.CC. The zero-order valence-corrected chi connectivity index (χ0v) is 17.5. The molecule has 2 heterocycles. The van der Waals surface area contributed by atoms with Gasteiger partial charge in [-0.3, -0.25) is 0 Å². The number of rotatable bonds is 3. The van der Waals surface area contributed by atoms with Crippen molar-refractivity contribution in [2.75, 3.05) is 5.32 Å². The molecule has 0 radical (unpaired) electrons. The molecule has 30 heavy (non-hydrogen) atoms. The third kappa shape index (κ3) is 4.04. The molecule has 1 aliphatic heterocycles. The van der Waals surface area contributed by atoms with E-state index in [9.17, 15) is 0 Å². The van der Waals surface area contributed by atoms with E-state index in [0.717, 1.165) is 12.2 Å². The lowest BCUT2D eigenvalue weighted by Gasteiger charge is -2.15. The summed E-state index contributed by atoms with van der Waals surface area (Å²) in [5.41, 5.74) is 7.38. The van der Waals surface area contributed by atoms with Crippen LogP contribution in [0.3, 0.4) is 0 Å². The minimum Gasteiger partial charge on any atom is -0.361 e. The molecule has 0 aliphatic carbocycles. The Morgan fingerprint density at radius 3 is 2.40 bits per heavy atom. The Bertz CT molecular complexity index is 1200. The van der Waals surface area contributed by atoms with Crippen LogP contribution in [-0.4, -0.2) is 0 Å². The molecule has 1 N–H and O–H groups in total. The molecular formula is C28H27N2+. The minimum atomic E-state index is 0.866. The Kier molecular flexibility index (Phi) is 6.05. The second kappa shape index (κ2) is 9.23. The highest BCUT2D eigenvalue weighted by atomic mass is 14.9. The molecule has 3 aromatic carbocycles. The quantitative estimate of drug-likeness (QED) is 0.385. The number of para-hydroxylation sites is 2. The number of hydrogen-bond acceptors (Lipinski definition) is 1. The fraction of sp³-hybridized carbons (Fsp3) is 0.107. The van der Waals surface area contributed by atoms with Crippen LogP contribution in [0.1, 0.15) is 30.5 Å². The van der Waals surface area contributed by atoms with Crippen LogP contribution in [0.15, 0.2) is 103 Å². The van der Waals surface area contributed by atoms with Crippen molar-refractivity contribution in [2.24, 2.45) is 0 Å². The molecule has 2 heteroatoms. The van der Waals surface area contributed by atoms with Crippen LogP contribution in [0, 0.1) is 0 Å². The third-order valence-electron chi connectivity index (χ3n) is 5.21. The molecule has 2 nitrogen and oxygen atoms in total. The lowest BCUT2D eigenvalue weighted by Crippen LogP contribution is -2.34. The second-order valence-electron chi connectivity index (χ2n) is 7.02. The summed E-state index contributed by atoms with van der Waals surface area (Å²) >= 11 is 0. The lowest BCUT2D eigenvalue weighted by molar-refractivity contribution is -0.662. The highest BCUT2D eigenvalue weighted by molar-refractivity contribution is 5.98. The second-order valence-corrected chi connectivity index (χ2v) is 7.02. The van der Waals surface area contributed by atoms with Gasteiger partial charge in [-0.25, -0.2) is 0 Å². The van der Waals surface area contributed by atoms with Crippen molar-refractivity contribution in [3.63, 3.8) is 0 Å². The monoisotopic (exact) mass is 391 g/mol. The zero-order valence-electron chi connectivity index (χ0n) is 17.5. The summed E-state index contributed by atoms with van der Waals surface area (Å²) < 4.78 is 2.32. The first-order chi connectivity index (χ1) is 14.9. The maximum atomic E-state index is 3.33. The smallest absolute Gasteiger partial charge is 0.213 e. The molecule has 0 fully saturated rings. The van der Waals surface area contributed by atoms with Gasteiger partial charge < -0.3 is 5.32 Å². The van der Waals surface area contributed by atoms with Gasteiger partial charge in [0.2, 0.25) is 5.52 Å². The van der Waals surface area contributed by atoms with Crippen LogP contribution in [0.4, 0.5) is 5.69 Å². The summed E-state index contributed by atoms with van der Waals surface area (Å²) in [7, 11) is 0. The van der Waals surface area contributed by atoms with E-state index in [4.69, 9.17) is 0 Å². The van der Waals surface area contributed by atoms with Crippen LogP contribution in [-0.2, 0) is 6.54 Å². The molecule has 0 saturated carbocycles. The van der Waals surface area contributed by atoms with E-state index in [1.807, 2.05) is 20.0 Å². The van der Waals surface area contributed by atoms with Gasteiger partial charge in [0, 0.05) is 35.1 Å². The molecule has 148 valence electrons. The summed E-state index contributed by atoms with van der Waals surface area (Å²) in [6, 6.07) is 29.9. The molecule has 0 amide bonds. The van der Waals surface area contributed by atoms with E-state index in [1.165, 1.54) is 33.2 Å². The number of allylic oxidation sites excluding steroid dienone is 2. The molecule has 0 spiro atoms. The van der Waals surface area contributed by atoms with Crippen molar-refractivity contribution in [3.05, 3.63) is 120 Å².